The van der Waals surface area contributed by atoms with E-state index in [4.69, 9.17) is 19.7 Å². The van der Waals surface area contributed by atoms with Crippen LogP contribution >= 0.6 is 31.9 Å². The summed E-state index contributed by atoms with van der Waals surface area (Å²) in [5.74, 6) is 1.14. The van der Waals surface area contributed by atoms with Crippen molar-refractivity contribution in [3.05, 3.63) is 55.5 Å². The Hall–Kier alpha value is -1.08. The number of phenolic OH excluding ortho intramolecular Hbond substituents is 1. The second-order valence-electron chi connectivity index (χ2n) is 7.07. The summed E-state index contributed by atoms with van der Waals surface area (Å²) in [4.78, 5) is 0. The number of benzene rings is 2. The molecule has 0 aromatic heterocycles. The molecule has 0 aliphatic carbocycles. The second-order valence-corrected chi connectivity index (χ2v) is 8.65. The van der Waals surface area contributed by atoms with Gasteiger partial charge in [-0.25, -0.2) is 0 Å². The van der Waals surface area contributed by atoms with E-state index in [0.29, 0.717) is 18.5 Å². The van der Waals surface area contributed by atoms with E-state index in [1.807, 2.05) is 39.8 Å². The standard InChI is InChI=1S/C11H15BrO2.C8H9BrO.C3H6O/c1-7-4-10(14-6-9(3)13)5-8(2)11(7)12;1-5-3-7(10)4-6(2)8(5)9;1-3-2-4-3/h4-5,9,13H,6H2,1-3H3;3-4,10H,1-2H3;3H,2H2,1H3/t9-;;3-/m0.0/s1. The Morgan fingerprint density at radius 3 is 1.68 bits per heavy atom. The Morgan fingerprint density at radius 1 is 1.00 bits per heavy atom. The van der Waals surface area contributed by atoms with Crippen LogP contribution in [0, 0.1) is 27.7 Å². The Bertz CT molecular complexity index is 725. The van der Waals surface area contributed by atoms with Crippen molar-refractivity contribution in [1.82, 2.24) is 0 Å². The summed E-state index contributed by atoms with van der Waals surface area (Å²) in [5.41, 5.74) is 4.42. The fourth-order valence-electron chi connectivity index (χ4n) is 2.23. The first kappa shape index (κ1) is 25.0. The molecule has 2 aromatic rings. The highest BCUT2D eigenvalue weighted by atomic mass is 79.9. The predicted molar refractivity (Wildman–Crippen MR) is 121 cm³/mol. The minimum Gasteiger partial charge on any atom is -0.508 e. The quantitative estimate of drug-likeness (QED) is 0.490. The SMILES string of the molecule is C[C@H]1CO1.Cc1cc(O)cc(C)c1Br.Cc1cc(OC[C@H](C)O)cc(C)c1Br. The van der Waals surface area contributed by atoms with E-state index < -0.39 is 6.10 Å². The van der Waals surface area contributed by atoms with Crippen LogP contribution in [0.5, 0.6) is 11.5 Å². The number of rotatable bonds is 3. The summed E-state index contributed by atoms with van der Waals surface area (Å²) in [6.07, 6.45) is 0.152. The van der Waals surface area contributed by atoms with Crippen LogP contribution in [0.15, 0.2) is 33.2 Å². The van der Waals surface area contributed by atoms with Crippen LogP contribution < -0.4 is 4.74 Å². The molecule has 2 aromatic carbocycles. The lowest BCUT2D eigenvalue weighted by Crippen LogP contribution is -2.12. The molecule has 3 rings (SSSR count). The van der Waals surface area contributed by atoms with Gasteiger partial charge in [-0.05, 0) is 88.1 Å². The molecular weight excluding hydrogens is 488 g/mol. The maximum Gasteiger partial charge on any atom is 0.120 e. The number of aryl methyl sites for hydroxylation is 4. The Morgan fingerprint density at radius 2 is 1.36 bits per heavy atom. The summed E-state index contributed by atoms with van der Waals surface area (Å²) in [5, 5.41) is 18.2. The van der Waals surface area contributed by atoms with Crippen LogP contribution in [-0.4, -0.2) is 35.6 Å². The highest BCUT2D eigenvalue weighted by Crippen LogP contribution is 2.26. The molecule has 6 heteroatoms. The average Bonchev–Trinajstić information content (AvgIpc) is 3.38. The van der Waals surface area contributed by atoms with Gasteiger partial charge in [0.25, 0.3) is 0 Å². The van der Waals surface area contributed by atoms with Gasteiger partial charge in [-0.2, -0.15) is 0 Å². The van der Waals surface area contributed by atoms with Gasteiger partial charge in [0.05, 0.1) is 18.8 Å². The van der Waals surface area contributed by atoms with Crippen LogP contribution in [0.25, 0.3) is 0 Å². The highest BCUT2D eigenvalue weighted by molar-refractivity contribution is 9.10. The molecule has 0 radical (unpaired) electrons. The number of halogens is 2. The molecule has 4 nitrogen and oxygen atoms in total. The van der Waals surface area contributed by atoms with Crippen molar-refractivity contribution in [1.29, 1.82) is 0 Å². The summed E-state index contributed by atoms with van der Waals surface area (Å²) in [6.45, 7) is 13.0. The van der Waals surface area contributed by atoms with Crippen molar-refractivity contribution in [2.24, 2.45) is 0 Å². The Kier molecular flexibility index (Phi) is 10.5. The molecule has 1 heterocycles. The summed E-state index contributed by atoms with van der Waals surface area (Å²) < 4.78 is 12.3. The third-order valence-corrected chi connectivity index (χ3v) is 6.32. The predicted octanol–water partition coefficient (Wildman–Crippen LogP) is 6.00. The van der Waals surface area contributed by atoms with E-state index in [9.17, 15) is 0 Å². The third kappa shape index (κ3) is 9.41. The van der Waals surface area contributed by atoms with Crippen LogP contribution in [-0.2, 0) is 4.74 Å². The zero-order valence-electron chi connectivity index (χ0n) is 17.3. The number of aromatic hydroxyl groups is 1. The first-order chi connectivity index (χ1) is 13.0. The van der Waals surface area contributed by atoms with Gasteiger partial charge in [-0.1, -0.05) is 31.9 Å². The summed E-state index contributed by atoms with van der Waals surface area (Å²) in [7, 11) is 0. The fraction of sp³-hybridized carbons (Fsp3) is 0.455. The fourth-order valence-corrected chi connectivity index (χ4v) is 2.68. The Labute approximate surface area is 185 Å². The zero-order valence-corrected chi connectivity index (χ0v) is 20.5. The number of ether oxygens (including phenoxy) is 2. The smallest absolute Gasteiger partial charge is 0.120 e. The minimum atomic E-state index is -0.431. The molecule has 1 fully saturated rings. The minimum absolute atomic E-state index is 0.332. The van der Waals surface area contributed by atoms with Crippen molar-refractivity contribution in [2.75, 3.05) is 13.2 Å². The highest BCUT2D eigenvalue weighted by Gasteiger charge is 2.13. The van der Waals surface area contributed by atoms with Crippen molar-refractivity contribution in [3.63, 3.8) is 0 Å². The lowest BCUT2D eigenvalue weighted by Gasteiger charge is -2.11. The first-order valence-corrected chi connectivity index (χ1v) is 10.7. The van der Waals surface area contributed by atoms with E-state index in [0.717, 1.165) is 43.6 Å². The first-order valence-electron chi connectivity index (χ1n) is 9.16. The largest absolute Gasteiger partial charge is 0.508 e. The van der Waals surface area contributed by atoms with Gasteiger partial charge in [0.2, 0.25) is 0 Å². The lowest BCUT2D eigenvalue weighted by molar-refractivity contribution is 0.122. The van der Waals surface area contributed by atoms with Gasteiger partial charge in [-0.3, -0.25) is 0 Å². The monoisotopic (exact) mass is 516 g/mol. The molecule has 1 aliphatic heterocycles. The molecule has 1 aliphatic rings. The van der Waals surface area contributed by atoms with Crippen LogP contribution in [0.1, 0.15) is 36.1 Å². The van der Waals surface area contributed by atoms with Crippen LogP contribution in [0.3, 0.4) is 0 Å². The molecule has 0 bridgehead atoms. The zero-order chi connectivity index (χ0) is 21.4. The summed E-state index contributed by atoms with van der Waals surface area (Å²) in [6, 6.07) is 7.38. The van der Waals surface area contributed by atoms with Gasteiger partial charge in [0.15, 0.2) is 0 Å². The van der Waals surface area contributed by atoms with E-state index in [-0.39, 0.29) is 0 Å². The number of hydrogen-bond donors (Lipinski definition) is 2. The molecule has 0 amide bonds. The van der Waals surface area contributed by atoms with Crippen molar-refractivity contribution in [3.8, 4) is 11.5 Å². The van der Waals surface area contributed by atoms with Crippen molar-refractivity contribution >= 4 is 31.9 Å². The van der Waals surface area contributed by atoms with Crippen LogP contribution in [0.4, 0.5) is 0 Å². The van der Waals surface area contributed by atoms with Gasteiger partial charge < -0.3 is 19.7 Å². The van der Waals surface area contributed by atoms with Crippen molar-refractivity contribution in [2.45, 2.75) is 53.8 Å². The van der Waals surface area contributed by atoms with E-state index >= 15 is 0 Å². The number of aliphatic hydroxyl groups is 1. The maximum atomic E-state index is 9.10. The number of hydrogen-bond acceptors (Lipinski definition) is 4. The molecule has 156 valence electrons. The molecular formula is C22H30Br2O4. The molecule has 0 spiro atoms. The molecule has 0 unspecified atom stereocenters. The third-order valence-electron chi connectivity index (χ3n) is 3.82. The van der Waals surface area contributed by atoms with Gasteiger partial charge in [0, 0.05) is 8.95 Å². The molecule has 2 N–H and O–H groups in total. The van der Waals surface area contributed by atoms with Gasteiger partial charge in [-0.15, -0.1) is 0 Å². The van der Waals surface area contributed by atoms with E-state index in [1.165, 1.54) is 0 Å². The average molecular weight is 518 g/mol. The van der Waals surface area contributed by atoms with Crippen LogP contribution in [0.2, 0.25) is 0 Å². The lowest BCUT2D eigenvalue weighted by atomic mass is 10.1. The molecule has 28 heavy (non-hydrogen) atoms. The van der Waals surface area contributed by atoms with Gasteiger partial charge in [0.1, 0.15) is 18.1 Å². The normalized spacial score (nSPS) is 15.5. The second kappa shape index (κ2) is 11.8. The van der Waals surface area contributed by atoms with Crippen molar-refractivity contribution < 1.29 is 19.7 Å². The number of phenols is 1. The number of epoxide rings is 1. The van der Waals surface area contributed by atoms with E-state index in [1.54, 1.807) is 19.1 Å². The topological polar surface area (TPSA) is 62.2 Å². The number of aliphatic hydroxyl groups excluding tert-OH is 1. The Balaban J connectivity index is 0.000000241. The summed E-state index contributed by atoms with van der Waals surface area (Å²) >= 11 is 6.89. The maximum absolute atomic E-state index is 9.10. The van der Waals surface area contributed by atoms with Gasteiger partial charge >= 0.3 is 0 Å². The molecule has 2 atom stereocenters. The molecule has 0 saturated carbocycles. The molecule has 1 saturated heterocycles. The van der Waals surface area contributed by atoms with E-state index in [2.05, 4.69) is 38.8 Å².